The van der Waals surface area contributed by atoms with E-state index < -0.39 is 0 Å². The number of anilines is 1. The zero-order valence-corrected chi connectivity index (χ0v) is 13.2. The van der Waals surface area contributed by atoms with E-state index in [2.05, 4.69) is 5.32 Å². The summed E-state index contributed by atoms with van der Waals surface area (Å²) >= 11 is 0. The number of carbonyl (C=O) groups excluding carboxylic acids is 2. The van der Waals surface area contributed by atoms with E-state index in [1.165, 1.54) is 0 Å². The third-order valence-electron chi connectivity index (χ3n) is 3.73. The van der Waals surface area contributed by atoms with E-state index >= 15 is 0 Å². The van der Waals surface area contributed by atoms with Crippen LogP contribution in [0, 0.1) is 0 Å². The van der Waals surface area contributed by atoms with Gasteiger partial charge in [0.15, 0.2) is 0 Å². The van der Waals surface area contributed by atoms with Crippen molar-refractivity contribution in [3.05, 3.63) is 29.8 Å². The molecule has 0 radical (unpaired) electrons. The highest BCUT2D eigenvalue weighted by atomic mass is 16.5. The fourth-order valence-electron chi connectivity index (χ4n) is 2.36. The Morgan fingerprint density at radius 2 is 1.73 bits per heavy atom. The number of hydrogen-bond donors (Lipinski definition) is 1. The summed E-state index contributed by atoms with van der Waals surface area (Å²) in [7, 11) is 0. The van der Waals surface area contributed by atoms with Gasteiger partial charge in [-0.25, -0.2) is 4.79 Å². The number of morpholine rings is 1. The molecule has 120 valence electrons. The van der Waals surface area contributed by atoms with Crippen molar-refractivity contribution in [2.75, 3.05) is 44.7 Å². The number of ether oxygens (including phenoxy) is 1. The average molecular weight is 305 g/mol. The van der Waals surface area contributed by atoms with Crippen LogP contribution in [0.3, 0.4) is 0 Å². The highest BCUT2D eigenvalue weighted by Gasteiger charge is 2.18. The molecule has 3 amide bonds. The fourth-order valence-corrected chi connectivity index (χ4v) is 2.36. The third-order valence-corrected chi connectivity index (χ3v) is 3.73. The topological polar surface area (TPSA) is 61.9 Å². The number of nitrogens with zero attached hydrogens (tertiary/aromatic N) is 2. The molecular weight excluding hydrogens is 282 g/mol. The molecule has 1 aliphatic rings. The van der Waals surface area contributed by atoms with Gasteiger partial charge < -0.3 is 19.9 Å². The van der Waals surface area contributed by atoms with E-state index in [0.717, 1.165) is 0 Å². The van der Waals surface area contributed by atoms with Gasteiger partial charge in [-0.3, -0.25) is 4.79 Å². The highest BCUT2D eigenvalue weighted by molar-refractivity contribution is 5.95. The quantitative estimate of drug-likeness (QED) is 0.926. The minimum absolute atomic E-state index is 0.00456. The number of carbonyl (C=O) groups is 2. The molecule has 2 rings (SSSR count). The standard InChI is InChI=1S/C16H23N3O3/c1-3-18(4-2)16(21)17-14-7-5-13(6-8-14)15(20)19-9-11-22-12-10-19/h5-8H,3-4,9-12H2,1-2H3,(H,17,21). The van der Waals surface area contributed by atoms with Gasteiger partial charge in [0, 0.05) is 37.4 Å². The van der Waals surface area contributed by atoms with E-state index in [-0.39, 0.29) is 11.9 Å². The molecule has 6 nitrogen and oxygen atoms in total. The van der Waals surface area contributed by atoms with Crippen molar-refractivity contribution in [2.45, 2.75) is 13.8 Å². The van der Waals surface area contributed by atoms with Gasteiger partial charge in [0.25, 0.3) is 5.91 Å². The molecule has 1 N–H and O–H groups in total. The van der Waals surface area contributed by atoms with Crippen molar-refractivity contribution in [1.29, 1.82) is 0 Å². The number of rotatable bonds is 4. The van der Waals surface area contributed by atoms with E-state index in [9.17, 15) is 9.59 Å². The second-order valence-corrected chi connectivity index (χ2v) is 5.08. The van der Waals surface area contributed by atoms with Gasteiger partial charge in [0.2, 0.25) is 0 Å². The van der Waals surface area contributed by atoms with Gasteiger partial charge in [-0.05, 0) is 38.1 Å². The van der Waals surface area contributed by atoms with Crippen LogP contribution in [-0.2, 0) is 4.74 Å². The molecule has 0 spiro atoms. The summed E-state index contributed by atoms with van der Waals surface area (Å²) in [6, 6.07) is 6.88. The Kier molecular flexibility index (Phi) is 5.77. The Morgan fingerprint density at radius 1 is 1.14 bits per heavy atom. The normalized spacial score (nSPS) is 14.5. The van der Waals surface area contributed by atoms with Crippen LogP contribution in [-0.4, -0.2) is 61.1 Å². The van der Waals surface area contributed by atoms with Crippen molar-refractivity contribution in [1.82, 2.24) is 9.80 Å². The maximum absolute atomic E-state index is 12.3. The highest BCUT2D eigenvalue weighted by Crippen LogP contribution is 2.13. The molecule has 0 saturated carbocycles. The lowest BCUT2D eigenvalue weighted by molar-refractivity contribution is 0.0303. The van der Waals surface area contributed by atoms with Crippen LogP contribution < -0.4 is 5.32 Å². The van der Waals surface area contributed by atoms with Crippen LogP contribution in [0.15, 0.2) is 24.3 Å². The summed E-state index contributed by atoms with van der Waals surface area (Å²) in [4.78, 5) is 27.8. The van der Waals surface area contributed by atoms with Crippen LogP contribution in [0.1, 0.15) is 24.2 Å². The van der Waals surface area contributed by atoms with Crippen molar-refractivity contribution in [2.24, 2.45) is 0 Å². The largest absolute Gasteiger partial charge is 0.378 e. The SMILES string of the molecule is CCN(CC)C(=O)Nc1ccc(C(=O)N2CCOCC2)cc1. The predicted octanol–water partition coefficient (Wildman–Crippen LogP) is 2.03. The molecule has 0 bridgehead atoms. The van der Waals surface area contributed by atoms with Crippen LogP contribution >= 0.6 is 0 Å². The van der Waals surface area contributed by atoms with E-state index in [0.29, 0.717) is 50.6 Å². The Hall–Kier alpha value is -2.08. The zero-order valence-electron chi connectivity index (χ0n) is 13.2. The van der Waals surface area contributed by atoms with Gasteiger partial charge in [-0.1, -0.05) is 0 Å². The first-order valence-corrected chi connectivity index (χ1v) is 7.68. The van der Waals surface area contributed by atoms with Crippen molar-refractivity contribution >= 4 is 17.6 Å². The molecule has 0 unspecified atom stereocenters. The number of benzene rings is 1. The zero-order chi connectivity index (χ0) is 15.9. The lowest BCUT2D eigenvalue weighted by Crippen LogP contribution is -2.40. The second-order valence-electron chi connectivity index (χ2n) is 5.08. The lowest BCUT2D eigenvalue weighted by atomic mass is 10.1. The summed E-state index contributed by atoms with van der Waals surface area (Å²) in [5.74, 6) is 0.00456. The van der Waals surface area contributed by atoms with E-state index in [4.69, 9.17) is 4.74 Å². The first-order chi connectivity index (χ1) is 10.7. The summed E-state index contributed by atoms with van der Waals surface area (Å²) < 4.78 is 5.25. The van der Waals surface area contributed by atoms with E-state index in [1.54, 1.807) is 34.1 Å². The first kappa shape index (κ1) is 16.3. The number of urea groups is 1. The Balaban J connectivity index is 1.97. The maximum Gasteiger partial charge on any atom is 0.321 e. The fraction of sp³-hybridized carbons (Fsp3) is 0.500. The first-order valence-electron chi connectivity index (χ1n) is 7.68. The summed E-state index contributed by atoms with van der Waals surface area (Å²) in [5, 5.41) is 2.83. The Bertz CT molecular complexity index is 506. The van der Waals surface area contributed by atoms with Crippen LogP contribution in [0.2, 0.25) is 0 Å². The number of nitrogens with one attached hydrogen (secondary N) is 1. The van der Waals surface area contributed by atoms with Gasteiger partial charge in [-0.2, -0.15) is 0 Å². The average Bonchev–Trinajstić information content (AvgIpc) is 2.57. The monoisotopic (exact) mass is 305 g/mol. The molecule has 0 aliphatic carbocycles. The summed E-state index contributed by atoms with van der Waals surface area (Å²) in [5.41, 5.74) is 1.32. The Labute approximate surface area is 131 Å². The smallest absolute Gasteiger partial charge is 0.321 e. The number of hydrogen-bond acceptors (Lipinski definition) is 3. The van der Waals surface area contributed by atoms with Gasteiger partial charge in [0.05, 0.1) is 13.2 Å². The van der Waals surface area contributed by atoms with Gasteiger partial charge in [0.1, 0.15) is 0 Å². The van der Waals surface area contributed by atoms with E-state index in [1.807, 2.05) is 13.8 Å². The third kappa shape index (κ3) is 3.98. The van der Waals surface area contributed by atoms with Crippen molar-refractivity contribution < 1.29 is 14.3 Å². The van der Waals surface area contributed by atoms with Crippen molar-refractivity contribution in [3.63, 3.8) is 0 Å². The molecular formula is C16H23N3O3. The minimum atomic E-state index is -0.128. The van der Waals surface area contributed by atoms with Gasteiger partial charge >= 0.3 is 6.03 Å². The molecule has 1 heterocycles. The molecule has 1 aromatic rings. The molecule has 1 aliphatic heterocycles. The molecule has 0 atom stereocenters. The number of amides is 3. The van der Waals surface area contributed by atoms with Crippen LogP contribution in [0.4, 0.5) is 10.5 Å². The molecule has 1 saturated heterocycles. The van der Waals surface area contributed by atoms with Crippen LogP contribution in [0.25, 0.3) is 0 Å². The van der Waals surface area contributed by atoms with Crippen molar-refractivity contribution in [3.8, 4) is 0 Å². The Morgan fingerprint density at radius 3 is 2.27 bits per heavy atom. The molecule has 6 heteroatoms. The summed E-state index contributed by atoms with van der Waals surface area (Å²) in [6.45, 7) is 7.62. The predicted molar refractivity (Wildman–Crippen MR) is 85.1 cm³/mol. The molecule has 0 aromatic heterocycles. The second kappa shape index (κ2) is 7.79. The maximum atomic E-state index is 12.3. The van der Waals surface area contributed by atoms with Gasteiger partial charge in [-0.15, -0.1) is 0 Å². The molecule has 1 fully saturated rings. The molecule has 1 aromatic carbocycles. The summed E-state index contributed by atoms with van der Waals surface area (Å²) in [6.07, 6.45) is 0. The molecule has 22 heavy (non-hydrogen) atoms. The minimum Gasteiger partial charge on any atom is -0.378 e. The van der Waals surface area contributed by atoms with Crippen LogP contribution in [0.5, 0.6) is 0 Å². The lowest BCUT2D eigenvalue weighted by Gasteiger charge is -2.27.